The van der Waals surface area contributed by atoms with E-state index in [-0.39, 0.29) is 0 Å². The van der Waals surface area contributed by atoms with Crippen LogP contribution in [0.3, 0.4) is 0 Å². The van der Waals surface area contributed by atoms with Crippen LogP contribution in [0.1, 0.15) is 32.8 Å². The predicted octanol–water partition coefficient (Wildman–Crippen LogP) is 3.76. The maximum atomic E-state index is 4.32. The minimum absolute atomic E-state index is 0.573. The topological polar surface area (TPSA) is 24.9 Å². The molecule has 0 saturated heterocycles. The third kappa shape index (κ3) is 2.88. The highest BCUT2D eigenvalue weighted by molar-refractivity contribution is 5.84. The first-order valence-electron chi connectivity index (χ1n) is 6.77. The van der Waals surface area contributed by atoms with E-state index in [4.69, 9.17) is 0 Å². The van der Waals surface area contributed by atoms with Crippen LogP contribution in [0.5, 0.6) is 0 Å². The Hall–Kier alpha value is -1.41. The van der Waals surface area contributed by atoms with Crippen molar-refractivity contribution >= 4 is 10.8 Å². The smallest absolute Gasteiger partial charge is 0.0346 e. The summed E-state index contributed by atoms with van der Waals surface area (Å²) < 4.78 is 0. The van der Waals surface area contributed by atoms with Crippen LogP contribution < -0.4 is 5.32 Å². The Morgan fingerprint density at radius 2 is 1.94 bits per heavy atom. The van der Waals surface area contributed by atoms with Crippen molar-refractivity contribution in [2.45, 2.75) is 39.8 Å². The molecule has 0 aliphatic rings. The second kappa shape index (κ2) is 5.96. The minimum atomic E-state index is 0.573. The van der Waals surface area contributed by atoms with Gasteiger partial charge in [-0.25, -0.2) is 0 Å². The average molecular weight is 242 g/mol. The Morgan fingerprint density at radius 1 is 1.17 bits per heavy atom. The molecule has 1 atom stereocenters. The molecular weight excluding hydrogens is 220 g/mol. The summed E-state index contributed by atoms with van der Waals surface area (Å²) in [6, 6.07) is 9.01. The van der Waals surface area contributed by atoms with Gasteiger partial charge in [-0.1, -0.05) is 45.0 Å². The number of hydrogen-bond donors (Lipinski definition) is 1. The van der Waals surface area contributed by atoms with Gasteiger partial charge in [-0.2, -0.15) is 0 Å². The zero-order chi connectivity index (χ0) is 13.0. The van der Waals surface area contributed by atoms with Gasteiger partial charge < -0.3 is 5.32 Å². The normalized spacial score (nSPS) is 13.1. The Labute approximate surface area is 109 Å². The monoisotopic (exact) mass is 242 g/mol. The lowest BCUT2D eigenvalue weighted by molar-refractivity contribution is 0.388. The molecule has 0 radical (unpaired) electrons. The van der Waals surface area contributed by atoms with Gasteiger partial charge in [0.25, 0.3) is 0 Å². The maximum Gasteiger partial charge on any atom is 0.0346 e. The van der Waals surface area contributed by atoms with Gasteiger partial charge in [-0.05, 0) is 23.3 Å². The van der Waals surface area contributed by atoms with E-state index in [0.29, 0.717) is 12.0 Å². The van der Waals surface area contributed by atoms with Gasteiger partial charge in [-0.15, -0.1) is 0 Å². The molecule has 2 rings (SSSR count). The zero-order valence-electron chi connectivity index (χ0n) is 11.5. The van der Waals surface area contributed by atoms with Crippen molar-refractivity contribution in [2.75, 3.05) is 0 Å². The summed E-state index contributed by atoms with van der Waals surface area (Å²) in [7, 11) is 0. The van der Waals surface area contributed by atoms with E-state index in [1.165, 1.54) is 16.3 Å². The third-order valence-corrected chi connectivity index (χ3v) is 3.55. The van der Waals surface area contributed by atoms with E-state index < -0.39 is 0 Å². The number of benzene rings is 1. The summed E-state index contributed by atoms with van der Waals surface area (Å²) in [4.78, 5) is 4.32. The van der Waals surface area contributed by atoms with Crippen molar-refractivity contribution < 1.29 is 0 Å². The highest BCUT2D eigenvalue weighted by atomic mass is 14.9. The molecule has 1 aromatic heterocycles. The van der Waals surface area contributed by atoms with Crippen LogP contribution in [0.15, 0.2) is 36.7 Å². The second-order valence-electron chi connectivity index (χ2n) is 5.16. The van der Waals surface area contributed by atoms with Crippen LogP contribution in [0.25, 0.3) is 10.8 Å². The lowest BCUT2D eigenvalue weighted by atomic mass is 10.0. The number of fused-ring (bicyclic) bond motifs is 1. The van der Waals surface area contributed by atoms with Gasteiger partial charge in [0.15, 0.2) is 0 Å². The molecule has 2 nitrogen and oxygen atoms in total. The zero-order valence-corrected chi connectivity index (χ0v) is 11.5. The predicted molar refractivity (Wildman–Crippen MR) is 77.5 cm³/mol. The maximum absolute atomic E-state index is 4.32. The standard InChI is InChI=1S/C16H22N2/c1-4-16(12(2)3)18-11-14-10-17-9-13-7-5-6-8-15(13)14/h5-10,12,16,18H,4,11H2,1-3H3. The molecule has 1 unspecified atom stereocenters. The first kappa shape index (κ1) is 13.0. The van der Waals surface area contributed by atoms with Crippen molar-refractivity contribution in [2.24, 2.45) is 5.92 Å². The fraction of sp³-hybridized carbons (Fsp3) is 0.438. The molecule has 2 aromatic rings. The van der Waals surface area contributed by atoms with Gasteiger partial charge in [0.05, 0.1) is 0 Å². The molecule has 0 aliphatic heterocycles. The Bertz CT molecular complexity index is 500. The van der Waals surface area contributed by atoms with Gasteiger partial charge in [0.1, 0.15) is 0 Å². The molecule has 0 fully saturated rings. The number of hydrogen-bond acceptors (Lipinski definition) is 2. The molecule has 96 valence electrons. The average Bonchev–Trinajstić information content (AvgIpc) is 2.39. The van der Waals surface area contributed by atoms with E-state index in [1.54, 1.807) is 0 Å². The van der Waals surface area contributed by atoms with Gasteiger partial charge in [0.2, 0.25) is 0 Å². The summed E-state index contributed by atoms with van der Waals surface area (Å²) in [6.45, 7) is 7.66. The quantitative estimate of drug-likeness (QED) is 0.863. The molecule has 1 aromatic carbocycles. The van der Waals surface area contributed by atoms with Crippen LogP contribution in [-0.4, -0.2) is 11.0 Å². The summed E-state index contributed by atoms with van der Waals surface area (Å²) in [5.41, 5.74) is 1.28. The first-order valence-corrected chi connectivity index (χ1v) is 6.77. The minimum Gasteiger partial charge on any atom is -0.310 e. The van der Waals surface area contributed by atoms with Crippen molar-refractivity contribution in [3.05, 3.63) is 42.2 Å². The Morgan fingerprint density at radius 3 is 2.67 bits per heavy atom. The number of rotatable bonds is 5. The van der Waals surface area contributed by atoms with Gasteiger partial charge in [-0.3, -0.25) is 4.98 Å². The molecule has 2 heteroatoms. The molecule has 18 heavy (non-hydrogen) atoms. The molecular formula is C16H22N2. The first-order chi connectivity index (χ1) is 8.72. The Balaban J connectivity index is 2.17. The summed E-state index contributed by atoms with van der Waals surface area (Å²) in [5, 5.41) is 6.16. The SMILES string of the molecule is CCC(NCc1cncc2ccccc12)C(C)C. The fourth-order valence-electron chi connectivity index (χ4n) is 2.41. The molecule has 0 saturated carbocycles. The lowest BCUT2D eigenvalue weighted by Crippen LogP contribution is -2.32. The van der Waals surface area contributed by atoms with Gasteiger partial charge in [0, 0.05) is 30.4 Å². The molecule has 1 N–H and O–H groups in total. The van der Waals surface area contributed by atoms with E-state index in [1.807, 2.05) is 12.4 Å². The van der Waals surface area contributed by atoms with E-state index in [2.05, 4.69) is 55.3 Å². The highest BCUT2D eigenvalue weighted by Gasteiger charge is 2.10. The van der Waals surface area contributed by atoms with Crippen LogP contribution in [0.2, 0.25) is 0 Å². The van der Waals surface area contributed by atoms with Crippen molar-refractivity contribution in [1.82, 2.24) is 10.3 Å². The fourth-order valence-corrected chi connectivity index (χ4v) is 2.41. The Kier molecular flexibility index (Phi) is 4.32. The van der Waals surface area contributed by atoms with Gasteiger partial charge >= 0.3 is 0 Å². The third-order valence-electron chi connectivity index (χ3n) is 3.55. The number of nitrogens with zero attached hydrogens (tertiary/aromatic N) is 1. The van der Waals surface area contributed by atoms with E-state index >= 15 is 0 Å². The van der Waals surface area contributed by atoms with Crippen LogP contribution in [0.4, 0.5) is 0 Å². The summed E-state index contributed by atoms with van der Waals surface area (Å²) in [5.74, 6) is 0.665. The summed E-state index contributed by atoms with van der Waals surface area (Å²) in [6.07, 6.45) is 5.07. The van der Waals surface area contributed by atoms with Crippen molar-refractivity contribution in [3.63, 3.8) is 0 Å². The van der Waals surface area contributed by atoms with Crippen molar-refractivity contribution in [3.8, 4) is 0 Å². The number of nitrogens with one attached hydrogen (secondary N) is 1. The van der Waals surface area contributed by atoms with Crippen LogP contribution in [-0.2, 0) is 6.54 Å². The van der Waals surface area contributed by atoms with Crippen LogP contribution >= 0.6 is 0 Å². The summed E-state index contributed by atoms with van der Waals surface area (Å²) >= 11 is 0. The van der Waals surface area contributed by atoms with E-state index in [0.717, 1.165) is 13.0 Å². The van der Waals surface area contributed by atoms with E-state index in [9.17, 15) is 0 Å². The lowest BCUT2D eigenvalue weighted by Gasteiger charge is -2.21. The molecule has 0 spiro atoms. The highest BCUT2D eigenvalue weighted by Crippen LogP contribution is 2.17. The van der Waals surface area contributed by atoms with Crippen LogP contribution in [0, 0.1) is 5.92 Å². The van der Waals surface area contributed by atoms with Crippen molar-refractivity contribution in [1.29, 1.82) is 0 Å². The molecule has 0 aliphatic carbocycles. The second-order valence-corrected chi connectivity index (χ2v) is 5.16. The molecule has 0 bridgehead atoms. The molecule has 1 heterocycles. The largest absolute Gasteiger partial charge is 0.310 e. The molecule has 0 amide bonds. The number of aromatic nitrogens is 1. The number of pyridine rings is 1.